The fourth-order valence-electron chi connectivity index (χ4n) is 2.68. The molecule has 0 N–H and O–H groups in total. The Balaban J connectivity index is 1.93. The highest BCUT2D eigenvalue weighted by molar-refractivity contribution is 5.93. The van der Waals surface area contributed by atoms with Gasteiger partial charge in [-0.15, -0.1) is 0 Å². The van der Waals surface area contributed by atoms with Gasteiger partial charge < -0.3 is 4.42 Å². The number of para-hydroxylation sites is 1. The standard InChI is InChI=1S/C17H13NO/c1-2-12-7-9-19-17(12)16(3-1)14-4-5-15-11-18-8-6-13(15)10-14/h1-5,7,9-11H,6,8H2. The highest BCUT2D eigenvalue weighted by Crippen LogP contribution is 2.30. The van der Waals surface area contributed by atoms with E-state index in [2.05, 4.69) is 41.4 Å². The number of hydrogen-bond donors (Lipinski definition) is 0. The van der Waals surface area contributed by atoms with Crippen molar-refractivity contribution in [1.82, 2.24) is 0 Å². The zero-order valence-corrected chi connectivity index (χ0v) is 10.5. The Morgan fingerprint density at radius 1 is 1.05 bits per heavy atom. The van der Waals surface area contributed by atoms with E-state index >= 15 is 0 Å². The zero-order chi connectivity index (χ0) is 12.7. The van der Waals surface area contributed by atoms with Crippen LogP contribution in [-0.2, 0) is 6.42 Å². The molecule has 0 aliphatic carbocycles. The third-order valence-electron chi connectivity index (χ3n) is 3.67. The van der Waals surface area contributed by atoms with Crippen molar-refractivity contribution >= 4 is 17.2 Å². The molecule has 0 saturated carbocycles. The van der Waals surface area contributed by atoms with Crippen molar-refractivity contribution in [2.75, 3.05) is 6.54 Å². The average Bonchev–Trinajstić information content (AvgIpc) is 2.95. The van der Waals surface area contributed by atoms with E-state index in [1.54, 1.807) is 6.26 Å². The topological polar surface area (TPSA) is 25.5 Å². The first kappa shape index (κ1) is 10.6. The lowest BCUT2D eigenvalue weighted by Crippen LogP contribution is -2.02. The van der Waals surface area contributed by atoms with Gasteiger partial charge in [-0.25, -0.2) is 0 Å². The van der Waals surface area contributed by atoms with Gasteiger partial charge in [-0.2, -0.15) is 0 Å². The molecule has 0 fully saturated rings. The van der Waals surface area contributed by atoms with Crippen LogP contribution >= 0.6 is 0 Å². The number of benzene rings is 2. The summed E-state index contributed by atoms with van der Waals surface area (Å²) < 4.78 is 5.62. The molecule has 0 bridgehead atoms. The summed E-state index contributed by atoms with van der Waals surface area (Å²) in [6, 6.07) is 14.8. The van der Waals surface area contributed by atoms with Crippen molar-refractivity contribution in [3.8, 4) is 11.1 Å². The van der Waals surface area contributed by atoms with Crippen molar-refractivity contribution < 1.29 is 4.42 Å². The van der Waals surface area contributed by atoms with Crippen LogP contribution in [0.2, 0.25) is 0 Å². The second kappa shape index (κ2) is 4.09. The summed E-state index contributed by atoms with van der Waals surface area (Å²) in [5, 5.41) is 1.15. The molecule has 3 aromatic rings. The summed E-state index contributed by atoms with van der Waals surface area (Å²) in [5.74, 6) is 0. The maximum absolute atomic E-state index is 5.62. The molecular formula is C17H13NO. The molecule has 2 heteroatoms. The van der Waals surface area contributed by atoms with E-state index in [-0.39, 0.29) is 0 Å². The van der Waals surface area contributed by atoms with Crippen LogP contribution in [0.25, 0.3) is 22.1 Å². The van der Waals surface area contributed by atoms with Gasteiger partial charge in [0, 0.05) is 23.7 Å². The Hall–Kier alpha value is -2.35. The van der Waals surface area contributed by atoms with E-state index in [0.29, 0.717) is 0 Å². The van der Waals surface area contributed by atoms with Gasteiger partial charge in [0.05, 0.1) is 6.26 Å². The third-order valence-corrected chi connectivity index (χ3v) is 3.67. The molecule has 2 aromatic carbocycles. The molecule has 1 aliphatic heterocycles. The molecule has 0 atom stereocenters. The molecule has 0 spiro atoms. The van der Waals surface area contributed by atoms with Crippen LogP contribution in [-0.4, -0.2) is 12.8 Å². The predicted octanol–water partition coefficient (Wildman–Crippen LogP) is 4.07. The molecule has 2 heterocycles. The van der Waals surface area contributed by atoms with Crippen LogP contribution in [0.15, 0.2) is 58.1 Å². The smallest absolute Gasteiger partial charge is 0.141 e. The van der Waals surface area contributed by atoms with Crippen LogP contribution < -0.4 is 0 Å². The Morgan fingerprint density at radius 2 is 2.05 bits per heavy atom. The van der Waals surface area contributed by atoms with Gasteiger partial charge >= 0.3 is 0 Å². The van der Waals surface area contributed by atoms with Gasteiger partial charge in [0.1, 0.15) is 5.58 Å². The lowest BCUT2D eigenvalue weighted by atomic mass is 9.96. The summed E-state index contributed by atoms with van der Waals surface area (Å²) in [6.45, 7) is 0.890. The maximum atomic E-state index is 5.62. The van der Waals surface area contributed by atoms with Crippen LogP contribution in [0.1, 0.15) is 11.1 Å². The van der Waals surface area contributed by atoms with Crippen LogP contribution in [0.3, 0.4) is 0 Å². The molecule has 4 rings (SSSR count). The Bertz CT molecular complexity index is 783. The minimum absolute atomic E-state index is 0.890. The van der Waals surface area contributed by atoms with Gasteiger partial charge in [0.15, 0.2) is 0 Å². The summed E-state index contributed by atoms with van der Waals surface area (Å²) in [7, 11) is 0. The SMILES string of the molecule is C1=NCCc2cc(-c3cccc4ccoc34)ccc21. The van der Waals surface area contributed by atoms with E-state index in [9.17, 15) is 0 Å². The summed E-state index contributed by atoms with van der Waals surface area (Å²) in [6.07, 6.45) is 4.74. The van der Waals surface area contributed by atoms with Crippen LogP contribution in [0.5, 0.6) is 0 Å². The Labute approximate surface area is 111 Å². The van der Waals surface area contributed by atoms with Crippen molar-refractivity contribution in [2.45, 2.75) is 6.42 Å². The highest BCUT2D eigenvalue weighted by atomic mass is 16.3. The van der Waals surface area contributed by atoms with E-state index in [1.807, 2.05) is 12.3 Å². The predicted molar refractivity (Wildman–Crippen MR) is 77.8 cm³/mol. The van der Waals surface area contributed by atoms with Gasteiger partial charge in [-0.05, 0) is 29.2 Å². The maximum Gasteiger partial charge on any atom is 0.141 e. The van der Waals surface area contributed by atoms with Crippen LogP contribution in [0, 0.1) is 0 Å². The number of hydrogen-bond acceptors (Lipinski definition) is 2. The Kier molecular flexibility index (Phi) is 2.27. The molecule has 1 aliphatic rings. The second-order valence-electron chi connectivity index (χ2n) is 4.84. The van der Waals surface area contributed by atoms with Gasteiger partial charge in [0.25, 0.3) is 0 Å². The number of fused-ring (bicyclic) bond motifs is 2. The summed E-state index contributed by atoms with van der Waals surface area (Å²) in [5.41, 5.74) is 5.95. The molecule has 0 saturated heterocycles. The van der Waals surface area contributed by atoms with Crippen molar-refractivity contribution in [1.29, 1.82) is 0 Å². The van der Waals surface area contributed by atoms with E-state index in [0.717, 1.165) is 29.5 Å². The molecule has 2 nitrogen and oxygen atoms in total. The Morgan fingerprint density at radius 3 is 3.05 bits per heavy atom. The minimum Gasteiger partial charge on any atom is -0.464 e. The normalized spacial score (nSPS) is 13.7. The summed E-state index contributed by atoms with van der Waals surface area (Å²) in [4.78, 5) is 4.32. The van der Waals surface area contributed by atoms with Crippen molar-refractivity contribution in [3.63, 3.8) is 0 Å². The first-order chi connectivity index (χ1) is 9.42. The molecular weight excluding hydrogens is 234 g/mol. The molecule has 19 heavy (non-hydrogen) atoms. The fourth-order valence-corrected chi connectivity index (χ4v) is 2.68. The average molecular weight is 247 g/mol. The number of nitrogens with zero attached hydrogens (tertiary/aromatic N) is 1. The summed E-state index contributed by atoms with van der Waals surface area (Å²) >= 11 is 0. The molecule has 1 aromatic heterocycles. The monoisotopic (exact) mass is 247 g/mol. The molecule has 0 unspecified atom stereocenters. The zero-order valence-electron chi connectivity index (χ0n) is 10.5. The molecule has 0 radical (unpaired) electrons. The highest BCUT2D eigenvalue weighted by Gasteiger charge is 2.10. The number of rotatable bonds is 1. The van der Waals surface area contributed by atoms with Crippen molar-refractivity contribution in [2.24, 2.45) is 4.99 Å². The lowest BCUT2D eigenvalue weighted by molar-refractivity contribution is 0.617. The van der Waals surface area contributed by atoms with E-state index < -0.39 is 0 Å². The fraction of sp³-hybridized carbons (Fsp3) is 0.118. The van der Waals surface area contributed by atoms with Gasteiger partial charge in [-0.1, -0.05) is 36.4 Å². The van der Waals surface area contributed by atoms with E-state index in [4.69, 9.17) is 4.42 Å². The second-order valence-corrected chi connectivity index (χ2v) is 4.84. The van der Waals surface area contributed by atoms with E-state index in [1.165, 1.54) is 16.7 Å². The third kappa shape index (κ3) is 1.68. The minimum atomic E-state index is 0.890. The first-order valence-electron chi connectivity index (χ1n) is 6.51. The van der Waals surface area contributed by atoms with Gasteiger partial charge in [-0.3, -0.25) is 4.99 Å². The van der Waals surface area contributed by atoms with Crippen LogP contribution in [0.4, 0.5) is 0 Å². The first-order valence-corrected chi connectivity index (χ1v) is 6.51. The molecule has 0 amide bonds. The number of furan rings is 1. The molecule has 92 valence electrons. The number of aliphatic imine (C=N–C) groups is 1. The largest absolute Gasteiger partial charge is 0.464 e. The van der Waals surface area contributed by atoms with Gasteiger partial charge in [0.2, 0.25) is 0 Å². The lowest BCUT2D eigenvalue weighted by Gasteiger charge is -2.12. The van der Waals surface area contributed by atoms with Crippen molar-refractivity contribution in [3.05, 3.63) is 59.9 Å². The quantitative estimate of drug-likeness (QED) is 0.636.